The van der Waals surface area contributed by atoms with Gasteiger partial charge >= 0.3 is 11.9 Å². The SMILES string of the molecule is C=C(O)C(=O)OCCCC(CCCOC(=O)C(=C)O)c1ccc(CCCCC)c(CC)c1. The zero-order valence-electron chi connectivity index (χ0n) is 19.5. The van der Waals surface area contributed by atoms with E-state index in [9.17, 15) is 9.59 Å². The molecule has 0 aliphatic rings. The standard InChI is InChI=1S/C26H38O6/c1-5-7-8-11-23-14-15-24(18-21(23)6-2)22(12-9-16-31-25(29)19(3)27)13-10-17-32-26(30)20(4)28/h14-15,18,22,27-28H,3-13,16-17H2,1-2H3. The third kappa shape index (κ3) is 10.0. The number of aryl methyl sites for hydroxylation is 2. The van der Waals surface area contributed by atoms with E-state index in [0.717, 1.165) is 25.7 Å². The van der Waals surface area contributed by atoms with E-state index in [-0.39, 0.29) is 19.1 Å². The summed E-state index contributed by atoms with van der Waals surface area (Å²) in [5.74, 6) is -2.60. The Balaban J connectivity index is 2.80. The Hall–Kier alpha value is -2.76. The second kappa shape index (κ2) is 15.1. The smallest absolute Gasteiger partial charge is 0.372 e. The van der Waals surface area contributed by atoms with Crippen LogP contribution in [0.3, 0.4) is 0 Å². The molecule has 0 heterocycles. The van der Waals surface area contributed by atoms with Crippen LogP contribution in [0.25, 0.3) is 0 Å². The van der Waals surface area contributed by atoms with Crippen LogP contribution in [-0.4, -0.2) is 35.4 Å². The zero-order chi connectivity index (χ0) is 23.9. The molecule has 0 saturated carbocycles. The van der Waals surface area contributed by atoms with Gasteiger partial charge in [-0.3, -0.25) is 0 Å². The van der Waals surface area contributed by atoms with Crippen molar-refractivity contribution < 1.29 is 29.3 Å². The molecule has 0 atom stereocenters. The lowest BCUT2D eigenvalue weighted by molar-refractivity contribution is -0.142. The molecule has 0 aliphatic heterocycles. The molecule has 0 amide bonds. The topological polar surface area (TPSA) is 93.1 Å². The van der Waals surface area contributed by atoms with Gasteiger partial charge < -0.3 is 19.7 Å². The summed E-state index contributed by atoms with van der Waals surface area (Å²) in [5.41, 5.74) is 3.97. The van der Waals surface area contributed by atoms with Gasteiger partial charge in [0, 0.05) is 0 Å². The third-order valence-corrected chi connectivity index (χ3v) is 5.46. The summed E-state index contributed by atoms with van der Waals surface area (Å²) in [7, 11) is 0. The van der Waals surface area contributed by atoms with Crippen LogP contribution >= 0.6 is 0 Å². The Kier molecular flexibility index (Phi) is 12.9. The maximum Gasteiger partial charge on any atom is 0.372 e. The molecule has 0 saturated heterocycles. The minimum absolute atomic E-state index is 0.198. The number of aliphatic hydroxyl groups excluding tert-OH is 2. The van der Waals surface area contributed by atoms with Crippen molar-refractivity contribution in [2.45, 2.75) is 77.6 Å². The first-order valence-corrected chi connectivity index (χ1v) is 11.5. The number of aliphatic hydroxyl groups is 2. The average molecular weight is 447 g/mol. The molecule has 6 nitrogen and oxygen atoms in total. The number of rotatable bonds is 16. The number of benzene rings is 1. The van der Waals surface area contributed by atoms with Gasteiger partial charge in [0.05, 0.1) is 13.2 Å². The van der Waals surface area contributed by atoms with Crippen LogP contribution in [0.15, 0.2) is 42.9 Å². The monoisotopic (exact) mass is 446 g/mol. The van der Waals surface area contributed by atoms with E-state index in [1.165, 1.54) is 36.0 Å². The fourth-order valence-corrected chi connectivity index (χ4v) is 3.67. The Morgan fingerprint density at radius 3 is 1.91 bits per heavy atom. The molecule has 0 unspecified atom stereocenters. The van der Waals surface area contributed by atoms with Gasteiger partial charge in [0.25, 0.3) is 0 Å². The molecule has 0 aromatic heterocycles. The summed E-state index contributed by atoms with van der Waals surface area (Å²) in [4.78, 5) is 22.7. The van der Waals surface area contributed by atoms with Crippen molar-refractivity contribution in [1.82, 2.24) is 0 Å². The van der Waals surface area contributed by atoms with Gasteiger partial charge in [0.15, 0.2) is 11.5 Å². The van der Waals surface area contributed by atoms with E-state index >= 15 is 0 Å². The first kappa shape index (κ1) is 27.3. The highest BCUT2D eigenvalue weighted by Crippen LogP contribution is 2.29. The normalized spacial score (nSPS) is 10.7. The number of ether oxygens (including phenoxy) is 2. The molecule has 0 radical (unpaired) electrons. The van der Waals surface area contributed by atoms with Crippen molar-refractivity contribution in [3.63, 3.8) is 0 Å². The molecular weight excluding hydrogens is 408 g/mol. The van der Waals surface area contributed by atoms with E-state index in [1.54, 1.807) is 0 Å². The Morgan fingerprint density at radius 2 is 1.44 bits per heavy atom. The van der Waals surface area contributed by atoms with Crippen LogP contribution in [0.1, 0.15) is 81.4 Å². The Morgan fingerprint density at radius 1 is 0.875 bits per heavy atom. The number of hydrogen-bond acceptors (Lipinski definition) is 6. The molecule has 1 aromatic rings. The van der Waals surface area contributed by atoms with E-state index in [0.29, 0.717) is 12.8 Å². The number of carbonyl (C=O) groups is 2. The molecule has 0 aliphatic carbocycles. The lowest BCUT2D eigenvalue weighted by Gasteiger charge is -2.20. The molecule has 2 N–H and O–H groups in total. The summed E-state index contributed by atoms with van der Waals surface area (Å²) in [6, 6.07) is 6.67. The highest BCUT2D eigenvalue weighted by Gasteiger charge is 2.15. The van der Waals surface area contributed by atoms with E-state index in [1.807, 2.05) is 0 Å². The van der Waals surface area contributed by atoms with Gasteiger partial charge in [-0.05, 0) is 80.7 Å². The first-order valence-electron chi connectivity index (χ1n) is 11.5. The van der Waals surface area contributed by atoms with Gasteiger partial charge in [-0.25, -0.2) is 9.59 Å². The number of esters is 2. The van der Waals surface area contributed by atoms with Gasteiger partial charge in [-0.1, -0.05) is 44.9 Å². The van der Waals surface area contributed by atoms with Crippen molar-refractivity contribution in [2.75, 3.05) is 13.2 Å². The Bertz CT molecular complexity index is 734. The highest BCUT2D eigenvalue weighted by atomic mass is 16.5. The van der Waals surface area contributed by atoms with Crippen LogP contribution in [0.4, 0.5) is 0 Å². The molecule has 178 valence electrons. The van der Waals surface area contributed by atoms with Crippen molar-refractivity contribution in [3.8, 4) is 0 Å². The quantitative estimate of drug-likeness (QED) is 0.143. The van der Waals surface area contributed by atoms with Crippen LogP contribution in [-0.2, 0) is 31.9 Å². The average Bonchev–Trinajstić information content (AvgIpc) is 2.77. The first-order chi connectivity index (χ1) is 15.3. The summed E-state index contributed by atoms with van der Waals surface area (Å²) >= 11 is 0. The lowest BCUT2D eigenvalue weighted by Crippen LogP contribution is -2.11. The fourth-order valence-electron chi connectivity index (χ4n) is 3.67. The van der Waals surface area contributed by atoms with Crippen molar-refractivity contribution in [1.29, 1.82) is 0 Å². The second-order valence-corrected chi connectivity index (χ2v) is 7.99. The molecular formula is C26H38O6. The third-order valence-electron chi connectivity index (χ3n) is 5.46. The van der Waals surface area contributed by atoms with E-state index in [2.05, 4.69) is 45.2 Å². The molecule has 32 heavy (non-hydrogen) atoms. The fraction of sp³-hybridized carbons (Fsp3) is 0.538. The van der Waals surface area contributed by atoms with Crippen molar-refractivity contribution >= 4 is 11.9 Å². The minimum atomic E-state index is -0.803. The van der Waals surface area contributed by atoms with Crippen LogP contribution in [0.5, 0.6) is 0 Å². The van der Waals surface area contributed by atoms with E-state index < -0.39 is 23.5 Å². The van der Waals surface area contributed by atoms with Crippen LogP contribution < -0.4 is 0 Å². The summed E-state index contributed by atoms with van der Waals surface area (Å²) in [5, 5.41) is 18.1. The summed E-state index contributed by atoms with van der Waals surface area (Å²) < 4.78 is 9.99. The van der Waals surface area contributed by atoms with Crippen molar-refractivity contribution in [2.24, 2.45) is 0 Å². The van der Waals surface area contributed by atoms with Crippen LogP contribution in [0.2, 0.25) is 0 Å². The number of hydrogen-bond donors (Lipinski definition) is 2. The Labute approximate surface area is 191 Å². The maximum absolute atomic E-state index is 11.4. The molecule has 6 heteroatoms. The predicted octanol–water partition coefficient (Wildman–Crippen LogP) is 5.86. The van der Waals surface area contributed by atoms with Gasteiger partial charge in [0.1, 0.15) is 0 Å². The molecule has 1 aromatic carbocycles. The van der Waals surface area contributed by atoms with Crippen molar-refractivity contribution in [3.05, 3.63) is 59.6 Å². The minimum Gasteiger partial charge on any atom is -0.502 e. The van der Waals surface area contributed by atoms with Crippen LogP contribution in [0, 0.1) is 0 Å². The summed E-state index contributed by atoms with van der Waals surface area (Å²) in [6.45, 7) is 11.1. The molecule has 1 rings (SSSR count). The summed E-state index contributed by atoms with van der Waals surface area (Å²) in [6.07, 6.45) is 8.50. The largest absolute Gasteiger partial charge is 0.502 e. The zero-order valence-corrected chi connectivity index (χ0v) is 19.5. The highest BCUT2D eigenvalue weighted by molar-refractivity contribution is 5.85. The molecule has 0 fully saturated rings. The van der Waals surface area contributed by atoms with E-state index in [4.69, 9.17) is 19.7 Å². The predicted molar refractivity (Wildman–Crippen MR) is 126 cm³/mol. The molecule has 0 bridgehead atoms. The van der Waals surface area contributed by atoms with Gasteiger partial charge in [-0.2, -0.15) is 0 Å². The lowest BCUT2D eigenvalue weighted by atomic mass is 9.87. The second-order valence-electron chi connectivity index (χ2n) is 7.99. The van der Waals surface area contributed by atoms with Gasteiger partial charge in [0.2, 0.25) is 0 Å². The van der Waals surface area contributed by atoms with Gasteiger partial charge in [-0.15, -0.1) is 0 Å². The number of carbonyl (C=O) groups excluding carboxylic acids is 2. The molecule has 0 spiro atoms. The maximum atomic E-state index is 11.4. The number of unbranched alkanes of at least 4 members (excludes halogenated alkanes) is 2.